The number of nitro benzene ring substituents is 1. The molecule has 19 heavy (non-hydrogen) atoms. The Hall–Kier alpha value is -2.31. The van der Waals surface area contributed by atoms with Gasteiger partial charge in [-0.1, -0.05) is 0 Å². The second-order valence-corrected chi connectivity index (χ2v) is 4.95. The maximum Gasteiger partial charge on any atom is 0.341 e. The van der Waals surface area contributed by atoms with Gasteiger partial charge in [0.1, 0.15) is 22.6 Å². The van der Waals surface area contributed by atoms with Gasteiger partial charge in [-0.15, -0.1) is 0 Å². The van der Waals surface area contributed by atoms with Crippen LogP contribution in [0.4, 0.5) is 11.4 Å². The first-order valence-electron chi connectivity index (χ1n) is 5.64. The molecular formula is C12H14N2O5. The summed E-state index contributed by atoms with van der Waals surface area (Å²) < 4.78 is 10.3. The van der Waals surface area contributed by atoms with E-state index in [1.807, 2.05) is 13.8 Å². The van der Waals surface area contributed by atoms with Gasteiger partial charge in [0.15, 0.2) is 0 Å². The first-order valence-corrected chi connectivity index (χ1v) is 5.64. The quantitative estimate of drug-likeness (QED) is 0.378. The lowest BCUT2D eigenvalue weighted by Gasteiger charge is -2.17. The lowest BCUT2D eigenvalue weighted by molar-refractivity contribution is -0.384. The zero-order chi connectivity index (χ0) is 14.4. The molecular weight excluding hydrogens is 252 g/mol. The zero-order valence-electron chi connectivity index (χ0n) is 10.9. The zero-order valence-corrected chi connectivity index (χ0v) is 10.9. The summed E-state index contributed by atoms with van der Waals surface area (Å²) in [4.78, 5) is 22.1. The summed E-state index contributed by atoms with van der Waals surface area (Å²) in [6.45, 7) is 3.64. The van der Waals surface area contributed by atoms with Crippen molar-refractivity contribution in [2.24, 2.45) is 0 Å². The molecule has 102 valence electrons. The van der Waals surface area contributed by atoms with Crippen molar-refractivity contribution in [1.82, 2.24) is 0 Å². The molecule has 0 radical (unpaired) electrons. The van der Waals surface area contributed by atoms with Crippen molar-refractivity contribution in [2.75, 3.05) is 12.8 Å². The van der Waals surface area contributed by atoms with Gasteiger partial charge in [-0.25, -0.2) is 4.79 Å². The van der Waals surface area contributed by atoms with E-state index in [-0.39, 0.29) is 22.7 Å². The highest BCUT2D eigenvalue weighted by atomic mass is 16.6. The third-order valence-corrected chi connectivity index (χ3v) is 2.98. The van der Waals surface area contributed by atoms with Crippen LogP contribution >= 0.6 is 0 Å². The van der Waals surface area contributed by atoms with Crippen molar-refractivity contribution in [3.05, 3.63) is 27.3 Å². The molecule has 0 fully saturated rings. The van der Waals surface area contributed by atoms with Gasteiger partial charge in [-0.2, -0.15) is 0 Å². The number of carbonyl (C=O) groups is 1. The van der Waals surface area contributed by atoms with Crippen LogP contribution in [0.25, 0.3) is 0 Å². The summed E-state index contributed by atoms with van der Waals surface area (Å²) in [7, 11) is 1.21. The van der Waals surface area contributed by atoms with E-state index in [4.69, 9.17) is 10.5 Å². The molecule has 0 amide bonds. The van der Waals surface area contributed by atoms with Crippen LogP contribution < -0.4 is 10.5 Å². The predicted octanol–water partition coefficient (Wildman–Crippen LogP) is 1.68. The van der Waals surface area contributed by atoms with E-state index in [2.05, 4.69) is 4.74 Å². The second-order valence-electron chi connectivity index (χ2n) is 4.95. The molecule has 0 spiro atoms. The Morgan fingerprint density at radius 3 is 2.74 bits per heavy atom. The summed E-state index contributed by atoms with van der Waals surface area (Å²) in [6.07, 6.45) is 0.403. The molecule has 1 aliphatic heterocycles. The fourth-order valence-electron chi connectivity index (χ4n) is 2.16. The standard InChI is InChI=1S/C12H14N2O5/c1-12(2)5-7-9(13)8(14(16)17)4-6(10(7)19-12)11(15)18-3/h4H,5,13H2,1-3H3. The smallest absolute Gasteiger partial charge is 0.341 e. The van der Waals surface area contributed by atoms with E-state index in [9.17, 15) is 14.9 Å². The number of methoxy groups -OCH3 is 1. The highest BCUT2D eigenvalue weighted by molar-refractivity contribution is 5.96. The van der Waals surface area contributed by atoms with Crippen molar-refractivity contribution in [3.63, 3.8) is 0 Å². The highest BCUT2D eigenvalue weighted by Crippen LogP contribution is 2.45. The topological polar surface area (TPSA) is 105 Å². The minimum atomic E-state index is -0.683. The van der Waals surface area contributed by atoms with Crippen molar-refractivity contribution >= 4 is 17.3 Å². The first-order chi connectivity index (χ1) is 8.76. The Morgan fingerprint density at radius 1 is 1.58 bits per heavy atom. The van der Waals surface area contributed by atoms with Crippen LogP contribution in [0.15, 0.2) is 6.07 Å². The number of nitrogen functional groups attached to an aromatic ring is 1. The Kier molecular flexibility index (Phi) is 2.84. The van der Waals surface area contributed by atoms with Gasteiger partial charge in [0, 0.05) is 18.1 Å². The van der Waals surface area contributed by atoms with Crippen LogP contribution in [0.2, 0.25) is 0 Å². The summed E-state index contributed by atoms with van der Waals surface area (Å²) >= 11 is 0. The lowest BCUT2D eigenvalue weighted by Crippen LogP contribution is -2.25. The number of anilines is 1. The Labute approximate surface area is 109 Å². The van der Waals surface area contributed by atoms with Crippen molar-refractivity contribution in [1.29, 1.82) is 0 Å². The molecule has 0 atom stereocenters. The van der Waals surface area contributed by atoms with Crippen LogP contribution in [-0.4, -0.2) is 23.6 Å². The second kappa shape index (κ2) is 4.11. The molecule has 0 aromatic heterocycles. The van der Waals surface area contributed by atoms with Gasteiger partial charge < -0.3 is 15.2 Å². The molecule has 0 unspecified atom stereocenters. The fourth-order valence-corrected chi connectivity index (χ4v) is 2.16. The van der Waals surface area contributed by atoms with E-state index in [1.54, 1.807) is 0 Å². The number of benzene rings is 1. The predicted molar refractivity (Wildman–Crippen MR) is 67.3 cm³/mol. The molecule has 0 aliphatic carbocycles. The number of carbonyl (C=O) groups excluding carboxylic acids is 1. The summed E-state index contributed by atoms with van der Waals surface area (Å²) in [5, 5.41) is 11.0. The number of fused-ring (bicyclic) bond motifs is 1. The van der Waals surface area contributed by atoms with Crippen molar-refractivity contribution in [3.8, 4) is 5.75 Å². The Morgan fingerprint density at radius 2 is 2.21 bits per heavy atom. The van der Waals surface area contributed by atoms with E-state index in [1.165, 1.54) is 7.11 Å². The molecule has 1 aromatic carbocycles. The fraction of sp³-hybridized carbons (Fsp3) is 0.417. The monoisotopic (exact) mass is 266 g/mol. The average Bonchev–Trinajstić information content (AvgIpc) is 2.64. The third-order valence-electron chi connectivity index (χ3n) is 2.98. The molecule has 7 nitrogen and oxygen atoms in total. The number of esters is 1. The van der Waals surface area contributed by atoms with Gasteiger partial charge in [0.25, 0.3) is 5.69 Å². The molecule has 0 saturated carbocycles. The number of rotatable bonds is 2. The molecule has 1 heterocycles. The number of hydrogen-bond donors (Lipinski definition) is 1. The van der Waals surface area contributed by atoms with Crippen LogP contribution in [0.1, 0.15) is 29.8 Å². The number of hydrogen-bond acceptors (Lipinski definition) is 6. The lowest BCUT2D eigenvalue weighted by atomic mass is 9.98. The minimum Gasteiger partial charge on any atom is -0.486 e. The molecule has 7 heteroatoms. The molecule has 0 saturated heterocycles. The van der Waals surface area contributed by atoms with Crippen LogP contribution in [0.5, 0.6) is 5.75 Å². The number of ether oxygens (including phenoxy) is 2. The Balaban J connectivity index is 2.70. The van der Waals surface area contributed by atoms with Crippen molar-refractivity contribution < 1.29 is 19.2 Å². The minimum absolute atomic E-state index is 0.0315. The van der Waals surface area contributed by atoms with Gasteiger partial charge in [-0.05, 0) is 13.8 Å². The number of nitrogens with zero attached hydrogens (tertiary/aromatic N) is 1. The maximum absolute atomic E-state index is 11.7. The number of nitrogens with two attached hydrogens (primary N) is 1. The van der Waals surface area contributed by atoms with Gasteiger partial charge in [0.2, 0.25) is 0 Å². The Bertz CT molecular complexity index is 580. The van der Waals surface area contributed by atoms with E-state index >= 15 is 0 Å². The van der Waals surface area contributed by atoms with E-state index in [0.717, 1.165) is 6.07 Å². The van der Waals surface area contributed by atoms with Crippen LogP contribution in [0.3, 0.4) is 0 Å². The molecule has 1 aliphatic rings. The maximum atomic E-state index is 11.7. The van der Waals surface area contributed by atoms with Crippen LogP contribution in [0, 0.1) is 10.1 Å². The molecule has 2 N–H and O–H groups in total. The average molecular weight is 266 g/mol. The van der Waals surface area contributed by atoms with E-state index in [0.29, 0.717) is 12.0 Å². The molecule has 2 rings (SSSR count). The molecule has 1 aromatic rings. The van der Waals surface area contributed by atoms with Crippen molar-refractivity contribution in [2.45, 2.75) is 25.9 Å². The normalized spacial score (nSPS) is 15.5. The first kappa shape index (κ1) is 13.1. The van der Waals surface area contributed by atoms with Gasteiger partial charge in [-0.3, -0.25) is 10.1 Å². The SMILES string of the molecule is COC(=O)c1cc([N+](=O)[O-])c(N)c2c1OC(C)(C)C2. The van der Waals surface area contributed by atoms with Gasteiger partial charge >= 0.3 is 5.97 Å². The highest BCUT2D eigenvalue weighted by Gasteiger charge is 2.38. The van der Waals surface area contributed by atoms with E-state index < -0.39 is 16.5 Å². The summed E-state index contributed by atoms with van der Waals surface area (Å²) in [5.41, 5.74) is 5.48. The summed E-state index contributed by atoms with van der Waals surface area (Å²) in [5.74, 6) is -0.406. The van der Waals surface area contributed by atoms with Crippen LogP contribution in [-0.2, 0) is 11.2 Å². The van der Waals surface area contributed by atoms with Gasteiger partial charge in [0.05, 0.1) is 12.0 Å². The summed E-state index contributed by atoms with van der Waals surface area (Å²) in [6, 6.07) is 1.10. The third kappa shape index (κ3) is 2.07. The molecule has 0 bridgehead atoms. The number of nitro groups is 1. The largest absolute Gasteiger partial charge is 0.486 e.